The first-order chi connectivity index (χ1) is 11.6. The van der Waals surface area contributed by atoms with Gasteiger partial charge in [-0.25, -0.2) is 4.68 Å². The summed E-state index contributed by atoms with van der Waals surface area (Å²) in [5.41, 5.74) is 3.57. The Morgan fingerprint density at radius 1 is 1.21 bits per heavy atom. The second kappa shape index (κ2) is 6.91. The molecule has 0 fully saturated rings. The zero-order valence-electron chi connectivity index (χ0n) is 13.4. The predicted molar refractivity (Wildman–Crippen MR) is 89.2 cm³/mol. The summed E-state index contributed by atoms with van der Waals surface area (Å²) in [5.74, 6) is 0.484. The van der Waals surface area contributed by atoms with E-state index in [1.807, 2.05) is 44.2 Å². The maximum absolute atomic E-state index is 12.1. The number of anilines is 1. The Hall–Kier alpha value is -3.22. The van der Waals surface area contributed by atoms with Crippen LogP contribution in [-0.2, 0) is 4.79 Å². The summed E-state index contributed by atoms with van der Waals surface area (Å²) in [7, 11) is 0. The van der Waals surface area contributed by atoms with Gasteiger partial charge < -0.3 is 10.1 Å². The van der Waals surface area contributed by atoms with Crippen molar-refractivity contribution in [3.8, 4) is 11.4 Å². The highest BCUT2D eigenvalue weighted by atomic mass is 16.5. The molecule has 122 valence electrons. The Bertz CT molecular complexity index is 846. The number of rotatable bonds is 5. The number of tetrazole rings is 1. The maximum atomic E-state index is 12.1. The third kappa shape index (κ3) is 3.57. The van der Waals surface area contributed by atoms with Crippen LogP contribution in [0.1, 0.15) is 11.1 Å². The second-order valence-electron chi connectivity index (χ2n) is 5.34. The maximum Gasteiger partial charge on any atom is 0.262 e. The topological polar surface area (TPSA) is 81.9 Å². The van der Waals surface area contributed by atoms with Crippen molar-refractivity contribution >= 4 is 11.6 Å². The summed E-state index contributed by atoms with van der Waals surface area (Å²) < 4.78 is 7.12. The van der Waals surface area contributed by atoms with Crippen LogP contribution in [0.15, 0.2) is 48.8 Å². The number of amides is 1. The van der Waals surface area contributed by atoms with Gasteiger partial charge in [0.2, 0.25) is 0 Å². The normalized spacial score (nSPS) is 10.4. The molecule has 2 aromatic carbocycles. The Morgan fingerprint density at radius 2 is 2.04 bits per heavy atom. The van der Waals surface area contributed by atoms with E-state index < -0.39 is 0 Å². The number of aromatic nitrogens is 4. The summed E-state index contributed by atoms with van der Waals surface area (Å²) >= 11 is 0. The fraction of sp³-hybridized carbons (Fsp3) is 0.176. The van der Waals surface area contributed by atoms with Crippen LogP contribution in [-0.4, -0.2) is 32.7 Å². The van der Waals surface area contributed by atoms with E-state index in [1.54, 1.807) is 12.1 Å². The standard InChI is InChI=1S/C17H17N5O2/c1-12-5-3-8-16(13(12)2)24-10-17(23)19-14-6-4-7-15(9-14)22-11-18-20-21-22/h3-9,11H,10H2,1-2H3,(H,19,23). The molecule has 1 N–H and O–H groups in total. The monoisotopic (exact) mass is 323 g/mol. The molecule has 0 saturated carbocycles. The largest absolute Gasteiger partial charge is 0.483 e. The lowest BCUT2D eigenvalue weighted by molar-refractivity contribution is -0.118. The van der Waals surface area contributed by atoms with E-state index in [-0.39, 0.29) is 12.5 Å². The number of ether oxygens (including phenoxy) is 1. The number of hydrogen-bond acceptors (Lipinski definition) is 5. The van der Waals surface area contributed by atoms with Crippen LogP contribution in [0.25, 0.3) is 5.69 Å². The Morgan fingerprint density at radius 3 is 2.83 bits per heavy atom. The number of hydrogen-bond donors (Lipinski definition) is 1. The number of carbonyl (C=O) groups excluding carboxylic acids is 1. The quantitative estimate of drug-likeness (QED) is 0.779. The number of aryl methyl sites for hydroxylation is 1. The van der Waals surface area contributed by atoms with E-state index in [1.165, 1.54) is 11.0 Å². The number of carbonyl (C=O) groups is 1. The van der Waals surface area contributed by atoms with Gasteiger partial charge in [0.25, 0.3) is 5.91 Å². The Balaban J connectivity index is 1.63. The van der Waals surface area contributed by atoms with Gasteiger partial charge in [0, 0.05) is 5.69 Å². The Labute approximate surface area is 139 Å². The summed E-state index contributed by atoms with van der Waals surface area (Å²) in [6, 6.07) is 13.0. The first kappa shape index (κ1) is 15.7. The van der Waals surface area contributed by atoms with Crippen LogP contribution < -0.4 is 10.1 Å². The molecule has 0 aliphatic rings. The SMILES string of the molecule is Cc1cccc(OCC(=O)Nc2cccc(-n3cnnn3)c2)c1C. The highest BCUT2D eigenvalue weighted by molar-refractivity contribution is 5.92. The van der Waals surface area contributed by atoms with Crippen LogP contribution in [0.5, 0.6) is 5.75 Å². The van der Waals surface area contributed by atoms with Crippen molar-refractivity contribution in [1.29, 1.82) is 0 Å². The fourth-order valence-electron chi connectivity index (χ4n) is 2.23. The minimum Gasteiger partial charge on any atom is -0.483 e. The van der Waals surface area contributed by atoms with Crippen molar-refractivity contribution < 1.29 is 9.53 Å². The van der Waals surface area contributed by atoms with Crippen molar-refractivity contribution in [3.05, 3.63) is 59.9 Å². The Kier molecular flexibility index (Phi) is 4.51. The van der Waals surface area contributed by atoms with E-state index in [9.17, 15) is 4.79 Å². The van der Waals surface area contributed by atoms with Crippen LogP contribution in [0.2, 0.25) is 0 Å². The van der Waals surface area contributed by atoms with Crippen molar-refractivity contribution in [2.45, 2.75) is 13.8 Å². The lowest BCUT2D eigenvalue weighted by Gasteiger charge is -2.11. The third-order valence-corrected chi connectivity index (χ3v) is 3.66. The van der Waals surface area contributed by atoms with Gasteiger partial charge in [-0.05, 0) is 59.7 Å². The van der Waals surface area contributed by atoms with Gasteiger partial charge in [-0.3, -0.25) is 4.79 Å². The lowest BCUT2D eigenvalue weighted by Crippen LogP contribution is -2.20. The molecule has 0 aliphatic heterocycles. The minimum atomic E-state index is -0.232. The van der Waals surface area contributed by atoms with Gasteiger partial charge in [-0.15, -0.1) is 5.10 Å². The van der Waals surface area contributed by atoms with E-state index in [2.05, 4.69) is 20.8 Å². The third-order valence-electron chi connectivity index (χ3n) is 3.66. The predicted octanol–water partition coefficient (Wildman–Crippen LogP) is 2.30. The van der Waals surface area contributed by atoms with Crippen LogP contribution in [0, 0.1) is 13.8 Å². The van der Waals surface area contributed by atoms with Gasteiger partial charge in [0.1, 0.15) is 12.1 Å². The molecule has 1 heterocycles. The highest BCUT2D eigenvalue weighted by Gasteiger charge is 2.07. The zero-order chi connectivity index (χ0) is 16.9. The second-order valence-corrected chi connectivity index (χ2v) is 5.34. The van der Waals surface area contributed by atoms with Gasteiger partial charge >= 0.3 is 0 Å². The average Bonchev–Trinajstić information content (AvgIpc) is 3.11. The van der Waals surface area contributed by atoms with Gasteiger partial charge in [-0.1, -0.05) is 18.2 Å². The molecular weight excluding hydrogens is 306 g/mol. The van der Waals surface area contributed by atoms with Gasteiger partial charge in [0.15, 0.2) is 6.61 Å². The lowest BCUT2D eigenvalue weighted by atomic mass is 10.1. The molecule has 7 nitrogen and oxygen atoms in total. The molecule has 1 amide bonds. The smallest absolute Gasteiger partial charge is 0.262 e. The minimum absolute atomic E-state index is 0.0561. The van der Waals surface area contributed by atoms with Gasteiger partial charge in [-0.2, -0.15) is 0 Å². The number of benzene rings is 2. The van der Waals surface area contributed by atoms with E-state index in [0.29, 0.717) is 11.4 Å². The first-order valence-corrected chi connectivity index (χ1v) is 7.46. The molecule has 0 spiro atoms. The molecule has 0 bridgehead atoms. The van der Waals surface area contributed by atoms with Gasteiger partial charge in [0.05, 0.1) is 5.69 Å². The molecular formula is C17H17N5O2. The van der Waals surface area contributed by atoms with Crippen LogP contribution >= 0.6 is 0 Å². The van der Waals surface area contributed by atoms with Crippen LogP contribution in [0.3, 0.4) is 0 Å². The number of nitrogens with one attached hydrogen (secondary N) is 1. The first-order valence-electron chi connectivity index (χ1n) is 7.46. The highest BCUT2D eigenvalue weighted by Crippen LogP contribution is 2.20. The van der Waals surface area contributed by atoms with Crippen molar-refractivity contribution in [2.75, 3.05) is 11.9 Å². The molecule has 0 atom stereocenters. The molecule has 1 aromatic heterocycles. The fourth-order valence-corrected chi connectivity index (χ4v) is 2.23. The molecule has 3 aromatic rings. The molecule has 24 heavy (non-hydrogen) atoms. The zero-order valence-corrected chi connectivity index (χ0v) is 13.4. The molecule has 7 heteroatoms. The number of nitrogens with zero attached hydrogens (tertiary/aromatic N) is 4. The average molecular weight is 323 g/mol. The van der Waals surface area contributed by atoms with Crippen molar-refractivity contribution in [1.82, 2.24) is 20.2 Å². The molecule has 0 radical (unpaired) electrons. The summed E-state index contributed by atoms with van der Waals surface area (Å²) in [4.78, 5) is 12.1. The summed E-state index contributed by atoms with van der Waals surface area (Å²) in [6.07, 6.45) is 1.49. The summed E-state index contributed by atoms with van der Waals surface area (Å²) in [6.45, 7) is 3.92. The van der Waals surface area contributed by atoms with Crippen molar-refractivity contribution in [3.63, 3.8) is 0 Å². The summed E-state index contributed by atoms with van der Waals surface area (Å²) in [5, 5.41) is 13.8. The van der Waals surface area contributed by atoms with Crippen LogP contribution in [0.4, 0.5) is 5.69 Å². The van der Waals surface area contributed by atoms with E-state index in [0.717, 1.165) is 16.8 Å². The molecule has 3 rings (SSSR count). The molecule has 0 saturated heterocycles. The van der Waals surface area contributed by atoms with E-state index >= 15 is 0 Å². The molecule has 0 unspecified atom stereocenters. The van der Waals surface area contributed by atoms with Crippen molar-refractivity contribution in [2.24, 2.45) is 0 Å². The molecule has 0 aliphatic carbocycles. The van der Waals surface area contributed by atoms with E-state index in [4.69, 9.17) is 4.74 Å².